The maximum atomic E-state index is 12.8. The second-order valence-corrected chi connectivity index (χ2v) is 4.30. The van der Waals surface area contributed by atoms with Crippen molar-refractivity contribution in [3.63, 3.8) is 0 Å². The van der Waals surface area contributed by atoms with Crippen LogP contribution in [0.3, 0.4) is 0 Å². The Hall–Kier alpha value is -1.98. The topological polar surface area (TPSA) is 39.4 Å². The van der Waals surface area contributed by atoms with Crippen LogP contribution in [-0.4, -0.2) is 6.10 Å². The molecule has 0 aliphatic carbocycles. The van der Waals surface area contributed by atoms with Gasteiger partial charge in [-0.05, 0) is 26.0 Å². The lowest BCUT2D eigenvalue weighted by Crippen LogP contribution is -2.11. The smallest absolute Gasteiger partial charge is 0.417 e. The molecule has 102 valence electrons. The van der Waals surface area contributed by atoms with Crippen LogP contribution in [0, 0.1) is 0 Å². The molecule has 19 heavy (non-hydrogen) atoms. The first-order chi connectivity index (χ1) is 8.77. The van der Waals surface area contributed by atoms with Crippen LogP contribution in [-0.2, 0) is 6.18 Å². The largest absolute Gasteiger partial charge is 0.491 e. The van der Waals surface area contributed by atoms with Gasteiger partial charge < -0.3 is 9.15 Å². The number of benzene rings is 1. The van der Waals surface area contributed by atoms with Crippen molar-refractivity contribution < 1.29 is 22.3 Å². The molecule has 2 rings (SSSR count). The van der Waals surface area contributed by atoms with Crippen molar-refractivity contribution in [2.24, 2.45) is 0 Å². The van der Waals surface area contributed by atoms with Gasteiger partial charge in [-0.25, -0.2) is 4.79 Å². The molecule has 0 unspecified atom stereocenters. The van der Waals surface area contributed by atoms with Crippen molar-refractivity contribution in [2.45, 2.75) is 26.1 Å². The summed E-state index contributed by atoms with van der Waals surface area (Å²) in [5.41, 5.74) is -2.19. The van der Waals surface area contributed by atoms with E-state index in [1.54, 1.807) is 13.8 Å². The highest BCUT2D eigenvalue weighted by Crippen LogP contribution is 2.34. The van der Waals surface area contributed by atoms with Crippen LogP contribution in [0.25, 0.3) is 11.0 Å². The lowest BCUT2D eigenvalue weighted by molar-refractivity contribution is -0.136. The number of ether oxygens (including phenoxy) is 1. The molecule has 0 saturated heterocycles. The summed E-state index contributed by atoms with van der Waals surface area (Å²) in [4.78, 5) is 11.2. The molecule has 0 radical (unpaired) electrons. The fourth-order valence-electron chi connectivity index (χ4n) is 1.72. The van der Waals surface area contributed by atoms with Crippen molar-refractivity contribution in [1.29, 1.82) is 0 Å². The molecule has 0 aliphatic rings. The Bertz CT molecular complexity index is 656. The minimum Gasteiger partial charge on any atom is -0.491 e. The standard InChI is InChI=1S/C13H11F3O3/c1-7(2)18-8-3-4-9-10(13(14,15)16)6-12(17)19-11(9)5-8/h3-7H,1-2H3. The molecule has 0 fully saturated rings. The molecule has 0 amide bonds. The molecule has 1 heterocycles. The second kappa shape index (κ2) is 4.60. The molecule has 1 aromatic carbocycles. The molecule has 1 aromatic heterocycles. The molecular weight excluding hydrogens is 261 g/mol. The molecule has 2 aromatic rings. The fourth-order valence-corrected chi connectivity index (χ4v) is 1.72. The van der Waals surface area contributed by atoms with E-state index in [9.17, 15) is 18.0 Å². The third kappa shape index (κ3) is 2.89. The first-order valence-corrected chi connectivity index (χ1v) is 5.59. The zero-order valence-corrected chi connectivity index (χ0v) is 10.2. The van der Waals surface area contributed by atoms with Gasteiger partial charge in [0, 0.05) is 17.5 Å². The number of rotatable bonds is 2. The molecule has 0 atom stereocenters. The highest BCUT2D eigenvalue weighted by Gasteiger charge is 2.33. The van der Waals surface area contributed by atoms with Crippen LogP contribution in [0.15, 0.2) is 33.5 Å². The number of hydrogen-bond acceptors (Lipinski definition) is 3. The van der Waals surface area contributed by atoms with E-state index in [2.05, 4.69) is 0 Å². The van der Waals surface area contributed by atoms with Gasteiger partial charge in [0.15, 0.2) is 0 Å². The molecule has 0 saturated carbocycles. The van der Waals surface area contributed by atoms with Gasteiger partial charge in [0.25, 0.3) is 0 Å². The number of alkyl halides is 3. The van der Waals surface area contributed by atoms with Gasteiger partial charge in [-0.1, -0.05) is 0 Å². The summed E-state index contributed by atoms with van der Waals surface area (Å²) in [7, 11) is 0. The van der Waals surface area contributed by atoms with Crippen LogP contribution in [0.1, 0.15) is 19.4 Å². The number of halogens is 3. The van der Waals surface area contributed by atoms with Gasteiger partial charge in [-0.2, -0.15) is 13.2 Å². The van der Waals surface area contributed by atoms with E-state index in [0.29, 0.717) is 11.8 Å². The van der Waals surface area contributed by atoms with Crippen LogP contribution in [0.4, 0.5) is 13.2 Å². The Labute approximate surface area is 106 Å². The lowest BCUT2D eigenvalue weighted by Gasteiger charge is -2.12. The quantitative estimate of drug-likeness (QED) is 0.784. The van der Waals surface area contributed by atoms with Gasteiger partial charge in [0.1, 0.15) is 11.3 Å². The highest BCUT2D eigenvalue weighted by atomic mass is 19.4. The summed E-state index contributed by atoms with van der Waals surface area (Å²) in [6.07, 6.45) is -4.73. The van der Waals surface area contributed by atoms with Gasteiger partial charge in [0.2, 0.25) is 0 Å². The van der Waals surface area contributed by atoms with Crippen molar-refractivity contribution in [3.8, 4) is 5.75 Å². The van der Waals surface area contributed by atoms with E-state index in [1.807, 2.05) is 0 Å². The predicted octanol–water partition coefficient (Wildman–Crippen LogP) is 3.60. The van der Waals surface area contributed by atoms with Gasteiger partial charge in [-0.15, -0.1) is 0 Å². The van der Waals surface area contributed by atoms with Gasteiger partial charge >= 0.3 is 11.8 Å². The highest BCUT2D eigenvalue weighted by molar-refractivity contribution is 5.82. The summed E-state index contributed by atoms with van der Waals surface area (Å²) in [5.74, 6) is 0.352. The second-order valence-electron chi connectivity index (χ2n) is 4.30. The lowest BCUT2D eigenvalue weighted by atomic mass is 10.1. The molecule has 0 spiro atoms. The first-order valence-electron chi connectivity index (χ1n) is 5.59. The molecule has 6 heteroatoms. The Kier molecular flexibility index (Phi) is 3.26. The van der Waals surface area contributed by atoms with E-state index in [1.165, 1.54) is 18.2 Å². The predicted molar refractivity (Wildman–Crippen MR) is 63.3 cm³/mol. The van der Waals surface area contributed by atoms with E-state index in [0.717, 1.165) is 0 Å². The maximum absolute atomic E-state index is 12.8. The summed E-state index contributed by atoms with van der Waals surface area (Å²) in [6.45, 7) is 3.57. The van der Waals surface area contributed by atoms with Crippen LogP contribution < -0.4 is 10.4 Å². The monoisotopic (exact) mass is 272 g/mol. The van der Waals surface area contributed by atoms with E-state index in [-0.39, 0.29) is 17.1 Å². The van der Waals surface area contributed by atoms with Gasteiger partial charge in [-0.3, -0.25) is 0 Å². The van der Waals surface area contributed by atoms with E-state index >= 15 is 0 Å². The molecule has 0 N–H and O–H groups in total. The normalized spacial score (nSPS) is 12.1. The summed E-state index contributed by atoms with van der Waals surface area (Å²) in [6, 6.07) is 4.38. The molecule has 0 bridgehead atoms. The summed E-state index contributed by atoms with van der Waals surface area (Å²) < 4.78 is 48.5. The van der Waals surface area contributed by atoms with Crippen LogP contribution in [0.2, 0.25) is 0 Å². The van der Waals surface area contributed by atoms with E-state index in [4.69, 9.17) is 9.15 Å². The van der Waals surface area contributed by atoms with Crippen molar-refractivity contribution in [3.05, 3.63) is 40.2 Å². The van der Waals surface area contributed by atoms with Crippen LogP contribution in [0.5, 0.6) is 5.75 Å². The molecule has 0 aliphatic heterocycles. The SMILES string of the molecule is CC(C)Oc1ccc2c(C(F)(F)F)cc(=O)oc2c1. The Morgan fingerprint density at radius 3 is 2.47 bits per heavy atom. The number of hydrogen-bond donors (Lipinski definition) is 0. The Morgan fingerprint density at radius 1 is 1.21 bits per heavy atom. The average Bonchev–Trinajstić information content (AvgIpc) is 2.25. The zero-order chi connectivity index (χ0) is 14.2. The Morgan fingerprint density at radius 2 is 1.89 bits per heavy atom. The van der Waals surface area contributed by atoms with Crippen molar-refractivity contribution in [2.75, 3.05) is 0 Å². The Balaban J connectivity index is 2.65. The first kappa shape index (κ1) is 13.5. The minimum atomic E-state index is -4.60. The van der Waals surface area contributed by atoms with Crippen LogP contribution >= 0.6 is 0 Å². The molecule has 3 nitrogen and oxygen atoms in total. The fraction of sp³-hybridized carbons (Fsp3) is 0.308. The maximum Gasteiger partial charge on any atom is 0.417 e. The third-order valence-electron chi connectivity index (χ3n) is 2.39. The zero-order valence-electron chi connectivity index (χ0n) is 10.2. The third-order valence-corrected chi connectivity index (χ3v) is 2.39. The summed E-state index contributed by atoms with van der Waals surface area (Å²) in [5, 5.41) is -0.164. The minimum absolute atomic E-state index is 0.130. The number of fused-ring (bicyclic) bond motifs is 1. The van der Waals surface area contributed by atoms with Crippen molar-refractivity contribution in [1.82, 2.24) is 0 Å². The molecular formula is C13H11F3O3. The summed E-state index contributed by atoms with van der Waals surface area (Å²) >= 11 is 0. The van der Waals surface area contributed by atoms with Gasteiger partial charge in [0.05, 0.1) is 11.7 Å². The average molecular weight is 272 g/mol. The van der Waals surface area contributed by atoms with Crippen molar-refractivity contribution >= 4 is 11.0 Å². The van der Waals surface area contributed by atoms with E-state index < -0.39 is 17.4 Å².